The maximum atomic E-state index is 12.8. The fraction of sp³-hybridized carbons (Fsp3) is 0.464. The normalized spacial score (nSPS) is 26.2. The monoisotopic (exact) mass is 533 g/mol. The molecule has 2 aliphatic heterocycles. The summed E-state index contributed by atoms with van der Waals surface area (Å²) in [4.78, 5) is 29.6. The van der Waals surface area contributed by atoms with E-state index in [4.69, 9.17) is 18.9 Å². The van der Waals surface area contributed by atoms with Crippen LogP contribution in [-0.2, 0) is 29.3 Å². The van der Waals surface area contributed by atoms with E-state index in [1.54, 1.807) is 50.2 Å². The Morgan fingerprint density at radius 1 is 1.13 bits per heavy atom. The first kappa shape index (κ1) is 26.7. The van der Waals surface area contributed by atoms with Crippen LogP contribution in [0.4, 0.5) is 5.82 Å². The molecule has 1 N–H and O–H groups in total. The summed E-state index contributed by atoms with van der Waals surface area (Å²) in [5, 5.41) is 17.7. The number of esters is 1. The Labute approximate surface area is 226 Å². The molecule has 1 amide bonds. The standard InChI is InChI=1S/C28H31N5O6/c1-16(2)17(3)26(35)36-13-20-22-23(39-27(4,5)38-22)28(14-29,37-20)21-12-11-19-24(30-15-31-33(19)21)32-25(34)18-9-7-6-8-10-18/h6-12,15-17,20,22-23H,13H2,1-5H3,(H,30,31,32,34)/t17-,20+,22+,23+,28-/m0/s1. The van der Waals surface area contributed by atoms with E-state index in [1.807, 2.05) is 26.8 Å². The summed E-state index contributed by atoms with van der Waals surface area (Å²) >= 11 is 0. The van der Waals surface area contributed by atoms with Gasteiger partial charge in [0.05, 0.1) is 11.6 Å². The Hall–Kier alpha value is -3.85. The Morgan fingerprint density at radius 3 is 2.56 bits per heavy atom. The van der Waals surface area contributed by atoms with Crippen LogP contribution in [0.25, 0.3) is 5.52 Å². The van der Waals surface area contributed by atoms with Gasteiger partial charge in [0.25, 0.3) is 5.91 Å². The molecule has 0 unspecified atom stereocenters. The quantitative estimate of drug-likeness (QED) is 0.453. The zero-order valence-corrected chi connectivity index (χ0v) is 22.5. The van der Waals surface area contributed by atoms with Crippen molar-refractivity contribution in [1.29, 1.82) is 5.26 Å². The highest BCUT2D eigenvalue weighted by molar-refractivity contribution is 6.05. The third-order valence-electron chi connectivity index (χ3n) is 7.26. The molecule has 5 atom stereocenters. The first-order valence-corrected chi connectivity index (χ1v) is 12.9. The SMILES string of the molecule is CC(C)[C@H](C)C(=O)OC[C@H]1O[C@@](C#N)(c2ccc3c(NC(=O)c4ccccc4)ncnn23)[C@@H]2OC(C)(C)O[C@@H]21. The van der Waals surface area contributed by atoms with Gasteiger partial charge in [-0.25, -0.2) is 9.50 Å². The minimum atomic E-state index is -1.64. The van der Waals surface area contributed by atoms with Crippen LogP contribution in [0.2, 0.25) is 0 Å². The van der Waals surface area contributed by atoms with Gasteiger partial charge in [0, 0.05) is 5.56 Å². The number of aromatic nitrogens is 3. The third kappa shape index (κ3) is 4.76. The molecule has 0 aliphatic carbocycles. The van der Waals surface area contributed by atoms with Gasteiger partial charge in [0.15, 0.2) is 11.6 Å². The minimum absolute atomic E-state index is 0.101. The smallest absolute Gasteiger partial charge is 0.309 e. The molecular weight excluding hydrogens is 502 g/mol. The number of benzene rings is 1. The van der Waals surface area contributed by atoms with Crippen molar-refractivity contribution >= 4 is 23.2 Å². The molecule has 2 saturated heterocycles. The molecule has 1 aromatic carbocycles. The molecule has 0 spiro atoms. The van der Waals surface area contributed by atoms with Gasteiger partial charge in [-0.3, -0.25) is 9.59 Å². The van der Waals surface area contributed by atoms with Crippen molar-refractivity contribution in [2.45, 2.75) is 64.3 Å². The van der Waals surface area contributed by atoms with E-state index in [9.17, 15) is 14.9 Å². The molecule has 11 nitrogen and oxygen atoms in total. The van der Waals surface area contributed by atoms with Crippen molar-refractivity contribution in [3.05, 3.63) is 60.0 Å². The number of nitrogens with zero attached hydrogens (tertiary/aromatic N) is 4. The van der Waals surface area contributed by atoms with Gasteiger partial charge in [-0.2, -0.15) is 10.4 Å². The lowest BCUT2D eigenvalue weighted by atomic mass is 9.92. The predicted molar refractivity (Wildman–Crippen MR) is 138 cm³/mol. The maximum absolute atomic E-state index is 12.8. The lowest BCUT2D eigenvalue weighted by Gasteiger charge is -2.29. The number of nitrogens with one attached hydrogen (secondary N) is 1. The molecule has 4 heterocycles. The Bertz CT molecular complexity index is 1430. The van der Waals surface area contributed by atoms with Crippen LogP contribution in [0.3, 0.4) is 0 Å². The van der Waals surface area contributed by atoms with Crippen LogP contribution < -0.4 is 5.32 Å². The van der Waals surface area contributed by atoms with Gasteiger partial charge >= 0.3 is 5.97 Å². The number of ether oxygens (including phenoxy) is 4. The summed E-state index contributed by atoms with van der Waals surface area (Å²) in [5.41, 5.74) is -0.330. The molecule has 11 heteroatoms. The lowest BCUT2D eigenvalue weighted by Crippen LogP contribution is -2.40. The minimum Gasteiger partial charge on any atom is -0.463 e. The van der Waals surface area contributed by atoms with Crippen molar-refractivity contribution in [1.82, 2.24) is 14.6 Å². The maximum Gasteiger partial charge on any atom is 0.309 e. The van der Waals surface area contributed by atoms with Gasteiger partial charge in [0.2, 0.25) is 5.60 Å². The number of amides is 1. The number of hydrogen-bond donors (Lipinski definition) is 1. The zero-order chi connectivity index (χ0) is 27.9. The number of anilines is 1. The molecule has 5 rings (SSSR count). The Kier molecular flexibility index (Phi) is 6.88. The topological polar surface area (TPSA) is 137 Å². The number of hydrogen-bond acceptors (Lipinski definition) is 9. The average molecular weight is 534 g/mol. The molecule has 2 aromatic heterocycles. The molecule has 0 radical (unpaired) electrons. The Morgan fingerprint density at radius 2 is 1.87 bits per heavy atom. The average Bonchev–Trinajstić information content (AvgIpc) is 3.58. The van der Waals surface area contributed by atoms with E-state index in [1.165, 1.54) is 10.8 Å². The Balaban J connectivity index is 1.48. The highest BCUT2D eigenvalue weighted by Gasteiger charge is 2.65. The molecule has 2 aliphatic rings. The highest BCUT2D eigenvalue weighted by Crippen LogP contribution is 2.49. The van der Waals surface area contributed by atoms with Crippen LogP contribution >= 0.6 is 0 Å². The number of carbonyl (C=O) groups excluding carboxylic acids is 2. The van der Waals surface area contributed by atoms with Crippen LogP contribution in [-0.4, -0.2) is 57.2 Å². The highest BCUT2D eigenvalue weighted by atomic mass is 16.8. The fourth-order valence-electron chi connectivity index (χ4n) is 4.88. The molecule has 3 aromatic rings. The van der Waals surface area contributed by atoms with Crippen LogP contribution in [0.15, 0.2) is 48.8 Å². The van der Waals surface area contributed by atoms with Gasteiger partial charge in [0.1, 0.15) is 42.8 Å². The van der Waals surface area contributed by atoms with Gasteiger partial charge in [-0.05, 0) is 44.0 Å². The lowest BCUT2D eigenvalue weighted by molar-refractivity contribution is -0.207. The van der Waals surface area contributed by atoms with Crippen LogP contribution in [0.1, 0.15) is 50.7 Å². The zero-order valence-electron chi connectivity index (χ0n) is 22.5. The van der Waals surface area contributed by atoms with E-state index in [0.717, 1.165) is 0 Å². The van der Waals surface area contributed by atoms with Crippen LogP contribution in [0.5, 0.6) is 0 Å². The number of fused-ring (bicyclic) bond motifs is 2. The summed E-state index contributed by atoms with van der Waals surface area (Å²) in [5.74, 6) is -1.59. The molecular formula is C28H31N5O6. The third-order valence-corrected chi connectivity index (χ3v) is 7.26. The van der Waals surface area contributed by atoms with E-state index >= 15 is 0 Å². The second-order valence-electron chi connectivity index (χ2n) is 10.6. The number of carbonyl (C=O) groups is 2. The first-order chi connectivity index (χ1) is 18.6. The van der Waals surface area contributed by atoms with Gasteiger partial charge in [-0.1, -0.05) is 39.0 Å². The van der Waals surface area contributed by atoms with E-state index in [-0.39, 0.29) is 36.1 Å². The predicted octanol–water partition coefficient (Wildman–Crippen LogP) is 3.45. The summed E-state index contributed by atoms with van der Waals surface area (Å²) in [7, 11) is 0. The van der Waals surface area contributed by atoms with Crippen molar-refractivity contribution in [2.24, 2.45) is 11.8 Å². The van der Waals surface area contributed by atoms with Crippen molar-refractivity contribution < 1.29 is 28.5 Å². The van der Waals surface area contributed by atoms with Gasteiger partial charge < -0.3 is 24.3 Å². The van der Waals surface area contributed by atoms with E-state index < -0.39 is 29.7 Å². The fourth-order valence-corrected chi connectivity index (χ4v) is 4.88. The summed E-state index contributed by atoms with van der Waals surface area (Å²) in [6, 6.07) is 14.4. The second kappa shape index (κ2) is 10.0. The number of nitriles is 1. The first-order valence-electron chi connectivity index (χ1n) is 12.9. The van der Waals surface area contributed by atoms with Crippen LogP contribution in [0, 0.1) is 23.2 Å². The molecule has 39 heavy (non-hydrogen) atoms. The molecule has 0 saturated carbocycles. The molecule has 0 bridgehead atoms. The number of rotatable bonds is 7. The molecule has 2 fully saturated rings. The summed E-state index contributed by atoms with van der Waals surface area (Å²) in [6.07, 6.45) is -0.980. The second-order valence-corrected chi connectivity index (χ2v) is 10.6. The molecule has 204 valence electrons. The van der Waals surface area contributed by atoms with Crippen molar-refractivity contribution in [3.8, 4) is 6.07 Å². The largest absolute Gasteiger partial charge is 0.463 e. The van der Waals surface area contributed by atoms with E-state index in [0.29, 0.717) is 16.8 Å². The van der Waals surface area contributed by atoms with E-state index in [2.05, 4.69) is 21.5 Å². The van der Waals surface area contributed by atoms with Gasteiger partial charge in [-0.15, -0.1) is 0 Å². The van der Waals surface area contributed by atoms with Crippen molar-refractivity contribution in [3.63, 3.8) is 0 Å². The summed E-state index contributed by atoms with van der Waals surface area (Å²) < 4.78 is 25.7. The summed E-state index contributed by atoms with van der Waals surface area (Å²) in [6.45, 7) is 9.11. The van der Waals surface area contributed by atoms with Crippen molar-refractivity contribution in [2.75, 3.05) is 11.9 Å².